The lowest BCUT2D eigenvalue weighted by Gasteiger charge is -2.21. The summed E-state index contributed by atoms with van der Waals surface area (Å²) in [5, 5.41) is 0. The summed E-state index contributed by atoms with van der Waals surface area (Å²) in [5.41, 5.74) is 5.96. The van der Waals surface area contributed by atoms with E-state index in [1.54, 1.807) is 0 Å². The van der Waals surface area contributed by atoms with Gasteiger partial charge in [0.2, 0.25) is 0 Å². The normalized spacial score (nSPS) is 47.1. The van der Waals surface area contributed by atoms with E-state index in [0.29, 0.717) is 6.04 Å². The predicted octanol–water partition coefficient (Wildman–Crippen LogP) is 1.91. The Labute approximate surface area is 63.0 Å². The van der Waals surface area contributed by atoms with E-state index in [1.807, 2.05) is 0 Å². The summed E-state index contributed by atoms with van der Waals surface area (Å²) in [6.45, 7) is 0. The second-order valence-electron chi connectivity index (χ2n) is 4.12. The van der Waals surface area contributed by atoms with Crippen LogP contribution in [0.4, 0.5) is 0 Å². The molecule has 0 unspecified atom stereocenters. The minimum atomic E-state index is 0.542. The molecule has 0 radical (unpaired) electrons. The Morgan fingerprint density at radius 1 is 0.800 bits per heavy atom. The molecule has 0 amide bonds. The maximum Gasteiger partial charge on any atom is 0.00441 e. The Bertz CT molecular complexity index is 99.9. The van der Waals surface area contributed by atoms with Crippen LogP contribution in [0.25, 0.3) is 0 Å². The zero-order valence-corrected chi connectivity index (χ0v) is 6.55. The third-order valence-corrected chi connectivity index (χ3v) is 3.24. The number of fused-ring (bicyclic) bond motifs is 4. The fourth-order valence-electron chi connectivity index (χ4n) is 2.66. The first-order valence-electron chi connectivity index (χ1n) is 4.60. The summed E-state index contributed by atoms with van der Waals surface area (Å²) in [6, 6.07) is 0.542. The summed E-state index contributed by atoms with van der Waals surface area (Å²) in [4.78, 5) is 0. The highest BCUT2D eigenvalue weighted by Gasteiger charge is 2.28. The molecule has 0 aliphatic heterocycles. The van der Waals surface area contributed by atoms with Crippen molar-refractivity contribution >= 4 is 0 Å². The highest BCUT2D eigenvalue weighted by Crippen LogP contribution is 2.38. The van der Waals surface area contributed by atoms with Crippen LogP contribution >= 0.6 is 0 Å². The second kappa shape index (κ2) is 2.54. The van der Waals surface area contributed by atoms with Crippen molar-refractivity contribution in [3.05, 3.63) is 0 Å². The van der Waals surface area contributed by atoms with E-state index in [9.17, 15) is 0 Å². The van der Waals surface area contributed by atoms with Gasteiger partial charge >= 0.3 is 0 Å². The van der Waals surface area contributed by atoms with Gasteiger partial charge in [0.25, 0.3) is 0 Å². The molecule has 3 aliphatic rings. The maximum atomic E-state index is 5.96. The fraction of sp³-hybridized carbons (Fsp3) is 1.00. The van der Waals surface area contributed by atoms with Gasteiger partial charge in [0.1, 0.15) is 0 Å². The quantitative estimate of drug-likeness (QED) is 0.545. The first kappa shape index (κ1) is 6.66. The summed E-state index contributed by atoms with van der Waals surface area (Å²) in [6.07, 6.45) is 8.51. The van der Waals surface area contributed by atoms with E-state index in [1.165, 1.54) is 38.5 Å². The average Bonchev–Trinajstić information content (AvgIpc) is 2.17. The highest BCUT2D eigenvalue weighted by molar-refractivity contribution is 4.83. The van der Waals surface area contributed by atoms with Crippen molar-refractivity contribution in [3.8, 4) is 0 Å². The molecule has 58 valence electrons. The Balaban J connectivity index is 2.05. The van der Waals surface area contributed by atoms with Crippen LogP contribution in [0, 0.1) is 11.8 Å². The second-order valence-corrected chi connectivity index (χ2v) is 4.12. The molecular weight excluding hydrogens is 122 g/mol. The Kier molecular flexibility index (Phi) is 1.69. The first-order chi connectivity index (χ1) is 4.84. The van der Waals surface area contributed by atoms with Crippen molar-refractivity contribution < 1.29 is 0 Å². The molecule has 3 fully saturated rings. The van der Waals surface area contributed by atoms with Gasteiger partial charge in [-0.2, -0.15) is 0 Å². The number of rotatable bonds is 0. The zero-order valence-electron chi connectivity index (χ0n) is 6.55. The monoisotopic (exact) mass is 139 g/mol. The smallest absolute Gasteiger partial charge is 0.00441 e. The minimum Gasteiger partial charge on any atom is -0.328 e. The van der Waals surface area contributed by atoms with Gasteiger partial charge in [-0.3, -0.25) is 0 Å². The fourth-order valence-corrected chi connectivity index (χ4v) is 2.66. The van der Waals surface area contributed by atoms with E-state index in [4.69, 9.17) is 5.73 Å². The highest BCUT2D eigenvalue weighted by atomic mass is 14.6. The SMILES string of the molecule is NC1C[C@H]2CC[C@H](CC2)C1. The van der Waals surface area contributed by atoms with Gasteiger partial charge in [0.15, 0.2) is 0 Å². The molecule has 3 saturated carbocycles. The topological polar surface area (TPSA) is 26.0 Å². The maximum absolute atomic E-state index is 5.96. The minimum absolute atomic E-state index is 0.542. The molecule has 2 bridgehead atoms. The van der Waals surface area contributed by atoms with E-state index < -0.39 is 0 Å². The molecule has 10 heavy (non-hydrogen) atoms. The lowest BCUT2D eigenvalue weighted by molar-refractivity contribution is 0.308. The summed E-state index contributed by atoms with van der Waals surface area (Å²) < 4.78 is 0. The lowest BCUT2D eigenvalue weighted by atomic mass is 9.84. The van der Waals surface area contributed by atoms with Crippen LogP contribution in [-0.4, -0.2) is 6.04 Å². The van der Waals surface area contributed by atoms with Crippen molar-refractivity contribution in [3.63, 3.8) is 0 Å². The molecule has 1 heteroatoms. The van der Waals surface area contributed by atoms with Crippen LogP contribution in [-0.2, 0) is 0 Å². The van der Waals surface area contributed by atoms with Crippen LogP contribution < -0.4 is 5.73 Å². The average molecular weight is 139 g/mol. The number of hydrogen-bond donors (Lipinski definition) is 1. The van der Waals surface area contributed by atoms with Gasteiger partial charge in [0, 0.05) is 6.04 Å². The van der Waals surface area contributed by atoms with Crippen molar-refractivity contribution in [1.29, 1.82) is 0 Å². The molecule has 0 saturated heterocycles. The molecule has 1 nitrogen and oxygen atoms in total. The van der Waals surface area contributed by atoms with Gasteiger partial charge in [-0.1, -0.05) is 25.7 Å². The van der Waals surface area contributed by atoms with Crippen LogP contribution in [0.3, 0.4) is 0 Å². The van der Waals surface area contributed by atoms with Crippen molar-refractivity contribution in [1.82, 2.24) is 0 Å². The number of nitrogens with two attached hydrogens (primary N) is 1. The van der Waals surface area contributed by atoms with Gasteiger partial charge in [0.05, 0.1) is 0 Å². The van der Waals surface area contributed by atoms with Gasteiger partial charge in [-0.05, 0) is 24.7 Å². The molecule has 3 aliphatic carbocycles. The summed E-state index contributed by atoms with van der Waals surface area (Å²) in [7, 11) is 0. The van der Waals surface area contributed by atoms with E-state index in [0.717, 1.165) is 11.8 Å². The van der Waals surface area contributed by atoms with Crippen LogP contribution in [0.2, 0.25) is 0 Å². The summed E-state index contributed by atoms with van der Waals surface area (Å²) >= 11 is 0. The zero-order chi connectivity index (χ0) is 6.97. The Morgan fingerprint density at radius 3 is 1.60 bits per heavy atom. The van der Waals surface area contributed by atoms with E-state index >= 15 is 0 Å². The van der Waals surface area contributed by atoms with Crippen LogP contribution in [0.1, 0.15) is 38.5 Å². The van der Waals surface area contributed by atoms with Gasteiger partial charge in [-0.15, -0.1) is 0 Å². The molecule has 3 rings (SSSR count). The Hall–Kier alpha value is -0.0400. The van der Waals surface area contributed by atoms with Crippen molar-refractivity contribution in [2.75, 3.05) is 0 Å². The van der Waals surface area contributed by atoms with Crippen LogP contribution in [0.15, 0.2) is 0 Å². The van der Waals surface area contributed by atoms with Crippen molar-refractivity contribution in [2.45, 2.75) is 44.6 Å². The number of hydrogen-bond acceptors (Lipinski definition) is 1. The molecule has 0 heterocycles. The van der Waals surface area contributed by atoms with E-state index in [-0.39, 0.29) is 0 Å². The Morgan fingerprint density at radius 2 is 1.20 bits per heavy atom. The third-order valence-electron chi connectivity index (χ3n) is 3.24. The van der Waals surface area contributed by atoms with Gasteiger partial charge < -0.3 is 5.73 Å². The molecular formula is C9H17N. The largest absolute Gasteiger partial charge is 0.328 e. The predicted molar refractivity (Wildman–Crippen MR) is 42.7 cm³/mol. The molecule has 0 aromatic rings. The van der Waals surface area contributed by atoms with E-state index in [2.05, 4.69) is 0 Å². The lowest BCUT2D eigenvalue weighted by Crippen LogP contribution is -2.20. The van der Waals surface area contributed by atoms with Crippen LogP contribution in [0.5, 0.6) is 0 Å². The molecule has 0 aromatic heterocycles. The third kappa shape index (κ3) is 1.20. The molecule has 0 atom stereocenters. The first-order valence-corrected chi connectivity index (χ1v) is 4.60. The summed E-state index contributed by atoms with van der Waals surface area (Å²) in [5.74, 6) is 1.99. The molecule has 2 N–H and O–H groups in total. The molecule has 0 aromatic carbocycles. The standard InChI is InChI=1S/C9H17N/c10-9-5-7-1-2-8(6-9)4-3-7/h7-9H,1-6,10H2/t7-,8+,9?. The van der Waals surface area contributed by atoms with Gasteiger partial charge in [-0.25, -0.2) is 0 Å². The van der Waals surface area contributed by atoms with Crippen molar-refractivity contribution in [2.24, 2.45) is 17.6 Å². The molecule has 0 spiro atoms.